The molecular weight excluding hydrogens is 391 g/mol. The molecule has 0 aliphatic carbocycles. The molecule has 0 saturated heterocycles. The molecule has 0 saturated carbocycles. The number of aromatic nitrogens is 1. The molecule has 0 bridgehead atoms. The number of amides is 1. The number of carbonyl (C=O) groups excluding carboxylic acids is 1. The van der Waals surface area contributed by atoms with E-state index in [-0.39, 0.29) is 17.9 Å². The maximum Gasteiger partial charge on any atom is 0.264 e. The Morgan fingerprint density at radius 3 is 2.65 bits per heavy atom. The summed E-state index contributed by atoms with van der Waals surface area (Å²) < 4.78 is 6.47. The average molecular weight is 409 g/mol. The van der Waals surface area contributed by atoms with E-state index in [0.717, 1.165) is 10.2 Å². The van der Waals surface area contributed by atoms with E-state index in [2.05, 4.69) is 43.2 Å². The van der Waals surface area contributed by atoms with Crippen LogP contribution in [0.3, 0.4) is 0 Å². The highest BCUT2D eigenvalue weighted by Gasteiger charge is 2.16. The number of fused-ring (bicyclic) bond motifs is 1. The Balaban J connectivity index is 1.67. The lowest BCUT2D eigenvalue weighted by Crippen LogP contribution is -2.20. The van der Waals surface area contributed by atoms with E-state index in [9.17, 15) is 4.79 Å². The van der Waals surface area contributed by atoms with Gasteiger partial charge in [0.15, 0.2) is 11.7 Å². The van der Waals surface area contributed by atoms with Crippen molar-refractivity contribution in [3.8, 4) is 5.75 Å². The molecule has 136 valence electrons. The number of halogens is 2. The lowest BCUT2D eigenvalue weighted by atomic mass is 9.87. The predicted octanol–water partition coefficient (Wildman–Crippen LogP) is 5.92. The van der Waals surface area contributed by atoms with E-state index in [1.165, 1.54) is 16.9 Å². The average Bonchev–Trinajstić information content (AvgIpc) is 2.94. The van der Waals surface area contributed by atoms with Crippen molar-refractivity contribution < 1.29 is 9.53 Å². The van der Waals surface area contributed by atoms with Crippen LogP contribution in [0.25, 0.3) is 10.2 Å². The van der Waals surface area contributed by atoms with Crippen LogP contribution in [0.15, 0.2) is 36.4 Å². The molecule has 0 aliphatic rings. The SMILES string of the molecule is CC(C)(C)c1ccc2nc(NC(=O)COc3ccc(Cl)cc3Cl)sc2c1. The normalized spacial score (nSPS) is 11.6. The van der Waals surface area contributed by atoms with Crippen molar-refractivity contribution in [1.82, 2.24) is 4.98 Å². The Morgan fingerprint density at radius 2 is 1.96 bits per heavy atom. The summed E-state index contributed by atoms with van der Waals surface area (Å²) >= 11 is 13.3. The van der Waals surface area contributed by atoms with Crippen molar-refractivity contribution in [3.63, 3.8) is 0 Å². The van der Waals surface area contributed by atoms with Crippen molar-refractivity contribution in [2.24, 2.45) is 0 Å². The fourth-order valence-electron chi connectivity index (χ4n) is 2.34. The first kappa shape index (κ1) is 19.0. The fourth-order valence-corrected chi connectivity index (χ4v) is 3.72. The van der Waals surface area contributed by atoms with Crippen molar-refractivity contribution in [2.45, 2.75) is 26.2 Å². The first-order chi connectivity index (χ1) is 12.2. The summed E-state index contributed by atoms with van der Waals surface area (Å²) in [6, 6.07) is 11.0. The highest BCUT2D eigenvalue weighted by atomic mass is 35.5. The van der Waals surface area contributed by atoms with Gasteiger partial charge < -0.3 is 4.74 Å². The number of anilines is 1. The molecule has 7 heteroatoms. The molecule has 1 aromatic heterocycles. The highest BCUT2D eigenvalue weighted by molar-refractivity contribution is 7.22. The first-order valence-corrected chi connectivity index (χ1v) is 9.58. The van der Waals surface area contributed by atoms with Crippen molar-refractivity contribution in [1.29, 1.82) is 0 Å². The van der Waals surface area contributed by atoms with Gasteiger partial charge in [-0.25, -0.2) is 4.98 Å². The van der Waals surface area contributed by atoms with Crippen molar-refractivity contribution in [3.05, 3.63) is 52.0 Å². The number of thiazole rings is 1. The Labute approximate surface area is 166 Å². The van der Waals surface area contributed by atoms with Gasteiger partial charge in [-0.3, -0.25) is 10.1 Å². The van der Waals surface area contributed by atoms with Gasteiger partial charge in [-0.1, -0.05) is 61.4 Å². The molecule has 1 N–H and O–H groups in total. The standard InChI is InChI=1S/C19H18Cl2N2O2S/c1-19(2,3)11-4-6-14-16(8-11)26-18(22-14)23-17(24)10-25-15-7-5-12(20)9-13(15)21/h4-9H,10H2,1-3H3,(H,22,23,24). The summed E-state index contributed by atoms with van der Waals surface area (Å²) in [6.07, 6.45) is 0. The second kappa shape index (κ2) is 7.43. The maximum atomic E-state index is 12.1. The highest BCUT2D eigenvalue weighted by Crippen LogP contribution is 2.31. The Bertz CT molecular complexity index is 964. The van der Waals surface area contributed by atoms with E-state index in [1.54, 1.807) is 18.2 Å². The minimum Gasteiger partial charge on any atom is -0.482 e. The van der Waals surface area contributed by atoms with E-state index in [4.69, 9.17) is 27.9 Å². The molecule has 0 atom stereocenters. The molecule has 2 aromatic carbocycles. The summed E-state index contributed by atoms with van der Waals surface area (Å²) in [4.78, 5) is 16.6. The predicted molar refractivity (Wildman–Crippen MR) is 109 cm³/mol. The van der Waals surface area contributed by atoms with Crippen LogP contribution in [0.4, 0.5) is 5.13 Å². The number of hydrogen-bond donors (Lipinski definition) is 1. The molecule has 26 heavy (non-hydrogen) atoms. The van der Waals surface area contributed by atoms with E-state index in [0.29, 0.717) is 20.9 Å². The number of nitrogens with zero attached hydrogens (tertiary/aromatic N) is 1. The van der Waals surface area contributed by atoms with Crippen LogP contribution in [0, 0.1) is 0 Å². The van der Waals surface area contributed by atoms with Gasteiger partial charge in [0.05, 0.1) is 15.2 Å². The largest absolute Gasteiger partial charge is 0.482 e. The van der Waals surface area contributed by atoms with Crippen LogP contribution in [-0.2, 0) is 10.2 Å². The molecule has 1 heterocycles. The van der Waals surface area contributed by atoms with E-state index in [1.807, 2.05) is 6.07 Å². The van der Waals surface area contributed by atoms with Crippen LogP contribution in [0.2, 0.25) is 10.0 Å². The summed E-state index contributed by atoms with van der Waals surface area (Å²) in [5, 5.41) is 4.18. The van der Waals surface area contributed by atoms with Gasteiger partial charge in [0.2, 0.25) is 0 Å². The molecule has 0 spiro atoms. The Morgan fingerprint density at radius 1 is 1.19 bits per heavy atom. The van der Waals surface area contributed by atoms with Crippen LogP contribution in [-0.4, -0.2) is 17.5 Å². The van der Waals surface area contributed by atoms with E-state index < -0.39 is 0 Å². The number of ether oxygens (including phenoxy) is 1. The number of carbonyl (C=O) groups is 1. The topological polar surface area (TPSA) is 51.2 Å². The van der Waals surface area contributed by atoms with Gasteiger partial charge in [0, 0.05) is 5.02 Å². The van der Waals surface area contributed by atoms with Crippen LogP contribution in [0.5, 0.6) is 5.75 Å². The molecule has 0 radical (unpaired) electrons. The minimum absolute atomic E-state index is 0.0628. The Kier molecular flexibility index (Phi) is 5.42. The molecule has 0 fully saturated rings. The van der Waals surface area contributed by atoms with Gasteiger partial charge in [-0.15, -0.1) is 0 Å². The zero-order chi connectivity index (χ0) is 18.9. The second-order valence-corrected chi connectivity index (χ2v) is 8.74. The molecular formula is C19H18Cl2N2O2S. The van der Waals surface area contributed by atoms with Crippen molar-refractivity contribution >= 4 is 55.8 Å². The summed E-state index contributed by atoms with van der Waals surface area (Å²) in [7, 11) is 0. The maximum absolute atomic E-state index is 12.1. The summed E-state index contributed by atoms with van der Waals surface area (Å²) in [6.45, 7) is 6.33. The first-order valence-electron chi connectivity index (χ1n) is 8.01. The number of rotatable bonds is 4. The third-order valence-corrected chi connectivity index (χ3v) is 5.22. The van der Waals surface area contributed by atoms with Gasteiger partial charge >= 0.3 is 0 Å². The summed E-state index contributed by atoms with van der Waals surface area (Å²) in [5.41, 5.74) is 2.15. The second-order valence-electron chi connectivity index (χ2n) is 6.86. The van der Waals surface area contributed by atoms with Crippen LogP contribution >= 0.6 is 34.5 Å². The number of benzene rings is 2. The Hall–Kier alpha value is -1.82. The monoisotopic (exact) mass is 408 g/mol. The van der Waals surface area contributed by atoms with Gasteiger partial charge in [0.1, 0.15) is 5.75 Å². The van der Waals surface area contributed by atoms with E-state index >= 15 is 0 Å². The lowest BCUT2D eigenvalue weighted by molar-refractivity contribution is -0.118. The molecule has 0 aliphatic heterocycles. The molecule has 4 nitrogen and oxygen atoms in total. The smallest absolute Gasteiger partial charge is 0.264 e. The van der Waals surface area contributed by atoms with Gasteiger partial charge in [-0.2, -0.15) is 0 Å². The molecule has 0 unspecified atom stereocenters. The minimum atomic E-state index is -0.300. The lowest BCUT2D eigenvalue weighted by Gasteiger charge is -2.18. The number of hydrogen-bond acceptors (Lipinski definition) is 4. The molecule has 1 amide bonds. The summed E-state index contributed by atoms with van der Waals surface area (Å²) in [5.74, 6) is 0.108. The van der Waals surface area contributed by atoms with Gasteiger partial charge in [0.25, 0.3) is 5.91 Å². The zero-order valence-corrected chi connectivity index (χ0v) is 16.9. The third-order valence-electron chi connectivity index (χ3n) is 3.75. The zero-order valence-electron chi connectivity index (χ0n) is 14.6. The quantitative estimate of drug-likeness (QED) is 0.582. The van der Waals surface area contributed by atoms with Crippen molar-refractivity contribution in [2.75, 3.05) is 11.9 Å². The van der Waals surface area contributed by atoms with Crippen LogP contribution in [0.1, 0.15) is 26.3 Å². The van der Waals surface area contributed by atoms with Gasteiger partial charge in [-0.05, 0) is 41.3 Å². The number of nitrogens with one attached hydrogen (secondary N) is 1. The molecule has 3 aromatic rings. The fraction of sp³-hybridized carbons (Fsp3) is 0.263. The third kappa shape index (κ3) is 4.47. The van der Waals surface area contributed by atoms with Crippen LogP contribution < -0.4 is 10.1 Å². The molecule has 3 rings (SSSR count).